The Morgan fingerprint density at radius 1 is 1.47 bits per heavy atom. The molecule has 0 spiro atoms. The number of rotatable bonds is 1. The van der Waals surface area contributed by atoms with Gasteiger partial charge in [-0.05, 0) is 36.5 Å². The highest BCUT2D eigenvalue weighted by molar-refractivity contribution is 5.77. The van der Waals surface area contributed by atoms with Crippen molar-refractivity contribution in [2.75, 3.05) is 12.3 Å². The van der Waals surface area contributed by atoms with Crippen LogP contribution in [0.15, 0.2) is 18.2 Å². The molecule has 0 saturated carbocycles. The summed E-state index contributed by atoms with van der Waals surface area (Å²) in [5, 5.41) is 2.84. The van der Waals surface area contributed by atoms with Crippen LogP contribution in [-0.4, -0.2) is 12.5 Å². The van der Waals surface area contributed by atoms with Crippen LogP contribution in [0.1, 0.15) is 29.9 Å². The van der Waals surface area contributed by atoms with Crippen molar-refractivity contribution in [1.82, 2.24) is 5.32 Å². The van der Waals surface area contributed by atoms with E-state index in [1.54, 1.807) is 0 Å². The Bertz CT molecular complexity index is 387. The molecule has 3 N–H and O–H groups in total. The maximum atomic E-state index is 11.3. The van der Waals surface area contributed by atoms with Gasteiger partial charge in [0.2, 0.25) is 5.91 Å². The van der Waals surface area contributed by atoms with Gasteiger partial charge in [0.05, 0.1) is 0 Å². The summed E-state index contributed by atoms with van der Waals surface area (Å²) in [6.45, 7) is 2.79. The third kappa shape index (κ3) is 2.12. The fraction of sp³-hybridized carbons (Fsp3) is 0.417. The molecular formula is C12H16N2O. The molecule has 0 aromatic heterocycles. The zero-order chi connectivity index (χ0) is 10.8. The van der Waals surface area contributed by atoms with Gasteiger partial charge in [-0.15, -0.1) is 0 Å². The quantitative estimate of drug-likeness (QED) is 0.682. The number of nitrogens with two attached hydrogens (primary N) is 1. The lowest BCUT2D eigenvalue weighted by Gasteiger charge is -2.22. The second-order valence-electron chi connectivity index (χ2n) is 4.16. The zero-order valence-corrected chi connectivity index (χ0v) is 8.92. The van der Waals surface area contributed by atoms with E-state index in [2.05, 4.69) is 11.4 Å². The first kappa shape index (κ1) is 10.0. The third-order valence-electron chi connectivity index (χ3n) is 3.01. The van der Waals surface area contributed by atoms with Gasteiger partial charge < -0.3 is 11.1 Å². The molecule has 0 bridgehead atoms. The summed E-state index contributed by atoms with van der Waals surface area (Å²) in [7, 11) is 0. The minimum absolute atomic E-state index is 0.153. The number of piperidine rings is 1. The molecule has 0 aliphatic carbocycles. The molecule has 1 aromatic carbocycles. The summed E-state index contributed by atoms with van der Waals surface area (Å²) in [6.07, 6.45) is 1.62. The highest BCUT2D eigenvalue weighted by Crippen LogP contribution is 2.27. The number of aryl methyl sites for hydroxylation is 1. The number of amides is 1. The van der Waals surface area contributed by atoms with Gasteiger partial charge in [0, 0.05) is 18.7 Å². The molecule has 1 aliphatic heterocycles. The number of hydrogen-bond donors (Lipinski definition) is 2. The first-order chi connectivity index (χ1) is 7.16. The number of carbonyl (C=O) groups excluding carboxylic acids is 1. The lowest BCUT2D eigenvalue weighted by Crippen LogP contribution is -2.32. The van der Waals surface area contributed by atoms with Gasteiger partial charge in [0.15, 0.2) is 0 Å². The van der Waals surface area contributed by atoms with Crippen molar-refractivity contribution in [1.29, 1.82) is 0 Å². The predicted molar refractivity (Wildman–Crippen MR) is 60.6 cm³/mol. The van der Waals surface area contributed by atoms with Crippen LogP contribution in [0, 0.1) is 6.92 Å². The summed E-state index contributed by atoms with van der Waals surface area (Å²) < 4.78 is 0. The van der Waals surface area contributed by atoms with Crippen molar-refractivity contribution < 1.29 is 4.79 Å². The van der Waals surface area contributed by atoms with Crippen molar-refractivity contribution in [2.45, 2.75) is 25.7 Å². The van der Waals surface area contributed by atoms with Crippen LogP contribution in [-0.2, 0) is 4.79 Å². The van der Waals surface area contributed by atoms with Crippen molar-refractivity contribution in [3.8, 4) is 0 Å². The van der Waals surface area contributed by atoms with Crippen LogP contribution >= 0.6 is 0 Å². The van der Waals surface area contributed by atoms with E-state index < -0.39 is 0 Å². The summed E-state index contributed by atoms with van der Waals surface area (Å²) in [6, 6.07) is 6.06. The minimum atomic E-state index is 0.153. The molecule has 0 radical (unpaired) electrons. The second kappa shape index (κ2) is 3.93. The maximum absolute atomic E-state index is 11.3. The number of hydrogen-bond acceptors (Lipinski definition) is 2. The molecule has 1 aliphatic rings. The average Bonchev–Trinajstić information content (AvgIpc) is 2.22. The minimum Gasteiger partial charge on any atom is -0.399 e. The van der Waals surface area contributed by atoms with Crippen LogP contribution in [0.5, 0.6) is 0 Å². The second-order valence-corrected chi connectivity index (χ2v) is 4.16. The van der Waals surface area contributed by atoms with Crippen molar-refractivity contribution in [2.24, 2.45) is 0 Å². The average molecular weight is 204 g/mol. The standard InChI is InChI=1S/C12H16N2O/c1-8-6-9(2-3-11(8)13)10-4-5-14-12(15)7-10/h2-3,6,10H,4-5,7,13H2,1H3,(H,14,15). The molecule has 1 aromatic rings. The number of carbonyl (C=O) groups is 1. The summed E-state index contributed by atoms with van der Waals surface area (Å²) in [4.78, 5) is 11.3. The van der Waals surface area contributed by atoms with Crippen LogP contribution in [0.4, 0.5) is 5.69 Å². The Morgan fingerprint density at radius 2 is 2.27 bits per heavy atom. The van der Waals surface area contributed by atoms with E-state index in [0.29, 0.717) is 12.3 Å². The normalized spacial score (nSPS) is 21.1. The van der Waals surface area contributed by atoms with Gasteiger partial charge >= 0.3 is 0 Å². The van der Waals surface area contributed by atoms with Crippen LogP contribution in [0.3, 0.4) is 0 Å². The van der Waals surface area contributed by atoms with E-state index in [0.717, 1.165) is 24.2 Å². The molecule has 1 fully saturated rings. The van der Waals surface area contributed by atoms with Crippen molar-refractivity contribution >= 4 is 11.6 Å². The molecule has 3 nitrogen and oxygen atoms in total. The van der Waals surface area contributed by atoms with E-state index in [1.807, 2.05) is 19.1 Å². The Labute approximate surface area is 89.7 Å². The number of anilines is 1. The van der Waals surface area contributed by atoms with Crippen LogP contribution < -0.4 is 11.1 Å². The summed E-state index contributed by atoms with van der Waals surface area (Å²) in [5.74, 6) is 0.513. The molecule has 2 rings (SSSR count). The van der Waals surface area contributed by atoms with Gasteiger partial charge in [0.1, 0.15) is 0 Å². The fourth-order valence-electron chi connectivity index (χ4n) is 2.02. The van der Waals surface area contributed by atoms with Crippen molar-refractivity contribution in [3.05, 3.63) is 29.3 Å². The number of nitrogens with one attached hydrogen (secondary N) is 1. The summed E-state index contributed by atoms with van der Waals surface area (Å²) in [5.41, 5.74) is 8.91. The SMILES string of the molecule is Cc1cc(C2CCNC(=O)C2)ccc1N. The highest BCUT2D eigenvalue weighted by Gasteiger charge is 2.20. The Balaban J connectivity index is 2.21. The Morgan fingerprint density at radius 3 is 2.93 bits per heavy atom. The molecule has 80 valence electrons. The number of nitrogen functional groups attached to an aromatic ring is 1. The van der Waals surface area contributed by atoms with E-state index in [9.17, 15) is 4.79 Å². The van der Waals surface area contributed by atoms with Gasteiger partial charge in [-0.3, -0.25) is 4.79 Å². The molecule has 3 heteroatoms. The van der Waals surface area contributed by atoms with E-state index >= 15 is 0 Å². The first-order valence-corrected chi connectivity index (χ1v) is 5.29. The van der Waals surface area contributed by atoms with Gasteiger partial charge in [-0.2, -0.15) is 0 Å². The molecular weight excluding hydrogens is 188 g/mol. The highest BCUT2D eigenvalue weighted by atomic mass is 16.1. The molecule has 1 atom stereocenters. The smallest absolute Gasteiger partial charge is 0.220 e. The lowest BCUT2D eigenvalue weighted by atomic mass is 9.89. The zero-order valence-electron chi connectivity index (χ0n) is 8.92. The largest absolute Gasteiger partial charge is 0.399 e. The van der Waals surface area contributed by atoms with Crippen LogP contribution in [0.2, 0.25) is 0 Å². The third-order valence-corrected chi connectivity index (χ3v) is 3.01. The molecule has 15 heavy (non-hydrogen) atoms. The first-order valence-electron chi connectivity index (χ1n) is 5.29. The van der Waals surface area contributed by atoms with Gasteiger partial charge in [-0.25, -0.2) is 0 Å². The number of benzene rings is 1. The molecule has 1 unspecified atom stereocenters. The molecule has 1 saturated heterocycles. The van der Waals surface area contributed by atoms with E-state index in [-0.39, 0.29) is 5.91 Å². The van der Waals surface area contributed by atoms with E-state index in [4.69, 9.17) is 5.73 Å². The monoisotopic (exact) mass is 204 g/mol. The van der Waals surface area contributed by atoms with Gasteiger partial charge in [-0.1, -0.05) is 12.1 Å². The molecule has 1 heterocycles. The van der Waals surface area contributed by atoms with Crippen LogP contribution in [0.25, 0.3) is 0 Å². The Hall–Kier alpha value is -1.51. The topological polar surface area (TPSA) is 55.1 Å². The molecule has 1 amide bonds. The predicted octanol–water partition coefficient (Wildman–Crippen LogP) is 1.57. The summed E-state index contributed by atoms with van der Waals surface area (Å²) >= 11 is 0. The Kier molecular flexibility index (Phi) is 2.62. The lowest BCUT2D eigenvalue weighted by molar-refractivity contribution is -0.122. The van der Waals surface area contributed by atoms with Crippen molar-refractivity contribution in [3.63, 3.8) is 0 Å². The fourth-order valence-corrected chi connectivity index (χ4v) is 2.02. The van der Waals surface area contributed by atoms with Gasteiger partial charge in [0.25, 0.3) is 0 Å². The van der Waals surface area contributed by atoms with E-state index in [1.165, 1.54) is 5.56 Å². The maximum Gasteiger partial charge on any atom is 0.220 e.